The normalized spacial score (nSPS) is 13.0. The molecule has 0 aliphatic rings. The summed E-state index contributed by atoms with van der Waals surface area (Å²) in [5.74, 6) is 0. The Hall–Kier alpha value is -0.210. The molecule has 0 fully saturated rings. The predicted octanol–water partition coefficient (Wildman–Crippen LogP) is 6.50. The van der Waals surface area contributed by atoms with Crippen molar-refractivity contribution in [3.63, 3.8) is 0 Å². The molecule has 0 heterocycles. The van der Waals surface area contributed by atoms with Gasteiger partial charge in [-0.25, -0.2) is 0 Å². The van der Waals surface area contributed by atoms with E-state index in [4.69, 9.17) is 0 Å². The van der Waals surface area contributed by atoms with Gasteiger partial charge < -0.3 is 0 Å². The van der Waals surface area contributed by atoms with Gasteiger partial charge in [0.25, 0.3) is 0 Å². The molecular weight excluding hydrogens is 237 g/mol. The third-order valence-electron chi connectivity index (χ3n) is 3.85. The topological polar surface area (TPSA) is 0 Å². The van der Waals surface area contributed by atoms with E-state index in [1.807, 2.05) is 0 Å². The molecule has 110 valence electrons. The number of unbranched alkanes of at least 4 members (excludes halogenated alkanes) is 6. The van der Waals surface area contributed by atoms with Crippen molar-refractivity contribution < 1.29 is 13.2 Å². The van der Waals surface area contributed by atoms with E-state index in [1.54, 1.807) is 0 Å². The van der Waals surface area contributed by atoms with Crippen LogP contribution in [0.5, 0.6) is 0 Å². The SMILES string of the molecule is CCCCCCC(C)(CCCCCC)C(F)(F)F. The molecule has 0 atom stereocenters. The van der Waals surface area contributed by atoms with E-state index in [0.717, 1.165) is 38.5 Å². The first kappa shape index (κ1) is 17.8. The predicted molar refractivity (Wildman–Crippen MR) is 71.7 cm³/mol. The van der Waals surface area contributed by atoms with Crippen LogP contribution >= 0.6 is 0 Å². The number of hydrogen-bond acceptors (Lipinski definition) is 0. The molecule has 0 aromatic carbocycles. The zero-order valence-corrected chi connectivity index (χ0v) is 12.2. The van der Waals surface area contributed by atoms with Gasteiger partial charge >= 0.3 is 6.18 Å². The van der Waals surface area contributed by atoms with Crippen molar-refractivity contribution in [1.82, 2.24) is 0 Å². The summed E-state index contributed by atoms with van der Waals surface area (Å²) in [5, 5.41) is 0. The van der Waals surface area contributed by atoms with Gasteiger partial charge in [-0.2, -0.15) is 13.2 Å². The minimum absolute atomic E-state index is 0.294. The van der Waals surface area contributed by atoms with Gasteiger partial charge in [0.05, 0.1) is 5.41 Å². The number of hydrogen-bond donors (Lipinski definition) is 0. The fourth-order valence-electron chi connectivity index (χ4n) is 2.29. The van der Waals surface area contributed by atoms with Crippen molar-refractivity contribution in [2.24, 2.45) is 5.41 Å². The van der Waals surface area contributed by atoms with Gasteiger partial charge in [0.2, 0.25) is 0 Å². The zero-order chi connectivity index (χ0) is 14.1. The standard InChI is InChI=1S/C15H29F3/c1-4-6-8-10-12-14(3,15(16,17)18)13-11-9-7-5-2/h4-13H2,1-3H3. The quantitative estimate of drug-likeness (QED) is 0.396. The van der Waals surface area contributed by atoms with Crippen LogP contribution in [0.3, 0.4) is 0 Å². The van der Waals surface area contributed by atoms with E-state index < -0.39 is 11.6 Å². The van der Waals surface area contributed by atoms with E-state index in [2.05, 4.69) is 13.8 Å². The maximum absolute atomic E-state index is 13.1. The van der Waals surface area contributed by atoms with Crippen molar-refractivity contribution in [3.8, 4) is 0 Å². The highest BCUT2D eigenvalue weighted by molar-refractivity contribution is 4.82. The zero-order valence-electron chi connectivity index (χ0n) is 12.2. The van der Waals surface area contributed by atoms with Gasteiger partial charge in [-0.3, -0.25) is 0 Å². The Balaban J connectivity index is 4.17. The third-order valence-corrected chi connectivity index (χ3v) is 3.85. The van der Waals surface area contributed by atoms with Crippen LogP contribution in [0.1, 0.15) is 85.0 Å². The highest BCUT2D eigenvalue weighted by Gasteiger charge is 2.49. The molecule has 0 saturated carbocycles. The van der Waals surface area contributed by atoms with Crippen LogP contribution < -0.4 is 0 Å². The minimum Gasteiger partial charge on any atom is -0.171 e. The fraction of sp³-hybridized carbons (Fsp3) is 1.00. The second-order valence-corrected chi connectivity index (χ2v) is 5.68. The van der Waals surface area contributed by atoms with E-state index in [-0.39, 0.29) is 0 Å². The summed E-state index contributed by atoms with van der Waals surface area (Å²) in [4.78, 5) is 0. The Morgan fingerprint density at radius 2 is 1.06 bits per heavy atom. The molecule has 0 N–H and O–H groups in total. The third kappa shape index (κ3) is 6.65. The summed E-state index contributed by atoms with van der Waals surface area (Å²) in [6.07, 6.45) is 4.03. The van der Waals surface area contributed by atoms with E-state index >= 15 is 0 Å². The second-order valence-electron chi connectivity index (χ2n) is 5.68. The van der Waals surface area contributed by atoms with Crippen molar-refractivity contribution in [2.75, 3.05) is 0 Å². The van der Waals surface area contributed by atoms with Crippen LogP contribution in [0.25, 0.3) is 0 Å². The Morgan fingerprint density at radius 1 is 0.667 bits per heavy atom. The average molecular weight is 266 g/mol. The fourth-order valence-corrected chi connectivity index (χ4v) is 2.29. The highest BCUT2D eigenvalue weighted by atomic mass is 19.4. The van der Waals surface area contributed by atoms with Crippen LogP contribution in [0.4, 0.5) is 13.2 Å². The maximum atomic E-state index is 13.1. The van der Waals surface area contributed by atoms with Crippen LogP contribution in [0.15, 0.2) is 0 Å². The molecule has 18 heavy (non-hydrogen) atoms. The van der Waals surface area contributed by atoms with Gasteiger partial charge in [-0.05, 0) is 12.8 Å². The first-order valence-corrected chi connectivity index (χ1v) is 7.44. The Kier molecular flexibility index (Phi) is 8.71. The van der Waals surface area contributed by atoms with Gasteiger partial charge in [-0.1, -0.05) is 72.1 Å². The van der Waals surface area contributed by atoms with E-state index in [1.165, 1.54) is 6.92 Å². The molecule has 0 bridgehead atoms. The monoisotopic (exact) mass is 266 g/mol. The first-order chi connectivity index (χ1) is 8.37. The lowest BCUT2D eigenvalue weighted by Crippen LogP contribution is -2.35. The summed E-state index contributed by atoms with van der Waals surface area (Å²) < 4.78 is 39.4. The molecule has 0 aromatic heterocycles. The second kappa shape index (κ2) is 8.82. The van der Waals surface area contributed by atoms with Gasteiger partial charge in [0.1, 0.15) is 0 Å². The smallest absolute Gasteiger partial charge is 0.171 e. The summed E-state index contributed by atoms with van der Waals surface area (Å²) in [6.45, 7) is 5.56. The molecule has 0 radical (unpaired) electrons. The summed E-state index contributed by atoms with van der Waals surface area (Å²) in [7, 11) is 0. The molecule has 0 aliphatic heterocycles. The van der Waals surface area contributed by atoms with Crippen LogP contribution in [-0.2, 0) is 0 Å². The Labute approximate surface area is 110 Å². The molecule has 0 saturated heterocycles. The van der Waals surface area contributed by atoms with E-state index in [0.29, 0.717) is 25.7 Å². The van der Waals surface area contributed by atoms with Gasteiger partial charge in [0, 0.05) is 0 Å². The number of rotatable bonds is 10. The molecule has 0 unspecified atom stereocenters. The van der Waals surface area contributed by atoms with E-state index in [9.17, 15) is 13.2 Å². The number of alkyl halides is 3. The highest BCUT2D eigenvalue weighted by Crippen LogP contribution is 2.45. The van der Waals surface area contributed by atoms with Gasteiger partial charge in [0.15, 0.2) is 0 Å². The Bertz CT molecular complexity index is 184. The maximum Gasteiger partial charge on any atom is 0.394 e. The van der Waals surface area contributed by atoms with Crippen LogP contribution in [0, 0.1) is 5.41 Å². The lowest BCUT2D eigenvalue weighted by molar-refractivity contribution is -0.223. The Morgan fingerprint density at radius 3 is 1.33 bits per heavy atom. The molecule has 0 nitrogen and oxygen atoms in total. The summed E-state index contributed by atoms with van der Waals surface area (Å²) >= 11 is 0. The summed E-state index contributed by atoms with van der Waals surface area (Å²) in [5.41, 5.74) is -1.46. The number of halogens is 3. The first-order valence-electron chi connectivity index (χ1n) is 7.44. The minimum atomic E-state index is -4.05. The van der Waals surface area contributed by atoms with Crippen LogP contribution in [-0.4, -0.2) is 6.18 Å². The molecule has 0 rings (SSSR count). The largest absolute Gasteiger partial charge is 0.394 e. The lowest BCUT2D eigenvalue weighted by Gasteiger charge is -2.32. The van der Waals surface area contributed by atoms with Crippen molar-refractivity contribution >= 4 is 0 Å². The molecule has 0 aromatic rings. The van der Waals surface area contributed by atoms with Crippen molar-refractivity contribution in [2.45, 2.75) is 91.2 Å². The molecule has 0 amide bonds. The van der Waals surface area contributed by atoms with Crippen LogP contribution in [0.2, 0.25) is 0 Å². The lowest BCUT2D eigenvalue weighted by atomic mass is 9.79. The molecule has 0 aliphatic carbocycles. The van der Waals surface area contributed by atoms with Crippen molar-refractivity contribution in [3.05, 3.63) is 0 Å². The molecule has 3 heteroatoms. The molecule has 0 spiro atoms. The average Bonchev–Trinajstić information content (AvgIpc) is 2.29. The van der Waals surface area contributed by atoms with Crippen molar-refractivity contribution in [1.29, 1.82) is 0 Å². The van der Waals surface area contributed by atoms with Gasteiger partial charge in [-0.15, -0.1) is 0 Å². The molecular formula is C15H29F3. The summed E-state index contributed by atoms with van der Waals surface area (Å²) in [6, 6.07) is 0.